The van der Waals surface area contributed by atoms with Crippen LogP contribution in [0.25, 0.3) is 0 Å². The molecule has 1 N–H and O–H groups in total. The highest BCUT2D eigenvalue weighted by atomic mass is 16.2. The van der Waals surface area contributed by atoms with Gasteiger partial charge in [-0.1, -0.05) is 12.1 Å². The lowest BCUT2D eigenvalue weighted by molar-refractivity contribution is -0.111. The second-order valence-electron chi connectivity index (χ2n) is 4.05. The highest BCUT2D eigenvalue weighted by Gasteiger charge is 2.12. The normalized spacial score (nSPS) is 10.5. The third-order valence-corrected chi connectivity index (χ3v) is 2.75. The quantitative estimate of drug-likeness (QED) is 0.827. The number of hydrogen-bond acceptors (Lipinski definition) is 2. The zero-order valence-corrected chi connectivity index (χ0v) is 11.6. The Kier molecular flexibility index (Phi) is 5.79. The summed E-state index contributed by atoms with van der Waals surface area (Å²) in [4.78, 5) is 25.4. The topological polar surface area (TPSA) is 49.4 Å². The van der Waals surface area contributed by atoms with E-state index in [1.165, 1.54) is 6.08 Å². The third-order valence-electron chi connectivity index (χ3n) is 2.75. The minimum atomic E-state index is -0.199. The molecular formula is C15H20N2O2. The smallest absolute Gasteiger partial charge is 0.253 e. The van der Waals surface area contributed by atoms with Crippen LogP contribution in [0.15, 0.2) is 36.4 Å². The van der Waals surface area contributed by atoms with Gasteiger partial charge < -0.3 is 10.2 Å². The Balaban J connectivity index is 2.88. The Hall–Kier alpha value is -2.10. The molecule has 0 spiro atoms. The molecule has 0 saturated heterocycles. The largest absolute Gasteiger partial charge is 0.339 e. The number of anilines is 1. The number of rotatable bonds is 5. The summed E-state index contributed by atoms with van der Waals surface area (Å²) in [6, 6.07) is 6.98. The van der Waals surface area contributed by atoms with Crippen molar-refractivity contribution in [2.24, 2.45) is 0 Å². The van der Waals surface area contributed by atoms with Crippen LogP contribution in [0.2, 0.25) is 0 Å². The van der Waals surface area contributed by atoms with Gasteiger partial charge in [-0.3, -0.25) is 9.59 Å². The van der Waals surface area contributed by atoms with Crippen molar-refractivity contribution in [3.05, 3.63) is 42.0 Å². The van der Waals surface area contributed by atoms with Crippen LogP contribution in [0.1, 0.15) is 31.1 Å². The van der Waals surface area contributed by atoms with Gasteiger partial charge in [-0.25, -0.2) is 0 Å². The van der Waals surface area contributed by atoms with Crippen LogP contribution >= 0.6 is 0 Å². The molecular weight excluding hydrogens is 240 g/mol. The fourth-order valence-electron chi connectivity index (χ4n) is 1.76. The van der Waals surface area contributed by atoms with Gasteiger partial charge in [0.15, 0.2) is 0 Å². The number of hydrogen-bond donors (Lipinski definition) is 1. The number of nitrogens with zero attached hydrogens (tertiary/aromatic N) is 1. The maximum atomic E-state index is 12.2. The van der Waals surface area contributed by atoms with Gasteiger partial charge in [-0.2, -0.15) is 0 Å². The Morgan fingerprint density at radius 3 is 2.53 bits per heavy atom. The van der Waals surface area contributed by atoms with Crippen LogP contribution in [-0.2, 0) is 4.79 Å². The molecule has 0 aliphatic rings. The summed E-state index contributed by atoms with van der Waals surface area (Å²) < 4.78 is 0. The van der Waals surface area contributed by atoms with Crippen LogP contribution in [0.4, 0.5) is 5.69 Å². The van der Waals surface area contributed by atoms with Crippen LogP contribution < -0.4 is 5.32 Å². The Morgan fingerprint density at radius 2 is 1.95 bits per heavy atom. The van der Waals surface area contributed by atoms with Gasteiger partial charge in [-0.15, -0.1) is 0 Å². The van der Waals surface area contributed by atoms with Crippen LogP contribution in [0.3, 0.4) is 0 Å². The van der Waals surface area contributed by atoms with Crippen molar-refractivity contribution >= 4 is 17.5 Å². The molecule has 0 fully saturated rings. The number of amides is 2. The van der Waals surface area contributed by atoms with E-state index in [0.717, 1.165) is 0 Å². The number of carbonyl (C=O) groups is 2. The van der Waals surface area contributed by atoms with E-state index in [-0.39, 0.29) is 11.8 Å². The van der Waals surface area contributed by atoms with Crippen molar-refractivity contribution in [3.63, 3.8) is 0 Å². The molecule has 0 aliphatic carbocycles. The van der Waals surface area contributed by atoms with E-state index < -0.39 is 0 Å². The van der Waals surface area contributed by atoms with E-state index in [9.17, 15) is 9.59 Å². The van der Waals surface area contributed by atoms with E-state index in [1.807, 2.05) is 13.8 Å². The summed E-state index contributed by atoms with van der Waals surface area (Å²) in [6.45, 7) is 7.01. The van der Waals surface area contributed by atoms with E-state index in [4.69, 9.17) is 0 Å². The number of benzene rings is 1. The van der Waals surface area contributed by atoms with Crippen LogP contribution in [-0.4, -0.2) is 29.8 Å². The molecule has 102 valence electrons. The van der Waals surface area contributed by atoms with Gasteiger partial charge in [-0.05, 0) is 45.0 Å². The number of carbonyl (C=O) groups excluding carboxylic acids is 2. The first-order chi connectivity index (χ1) is 9.12. The minimum absolute atomic E-state index is 0.0212. The molecule has 4 nitrogen and oxygen atoms in total. The second kappa shape index (κ2) is 7.36. The molecule has 1 rings (SSSR count). The average molecular weight is 260 g/mol. The van der Waals surface area contributed by atoms with Crippen molar-refractivity contribution in [2.75, 3.05) is 18.4 Å². The van der Waals surface area contributed by atoms with E-state index in [0.29, 0.717) is 24.3 Å². The lowest BCUT2D eigenvalue weighted by Gasteiger charge is -2.18. The molecule has 0 aliphatic heterocycles. The van der Waals surface area contributed by atoms with Crippen molar-refractivity contribution < 1.29 is 9.59 Å². The van der Waals surface area contributed by atoms with E-state index in [2.05, 4.69) is 5.32 Å². The van der Waals surface area contributed by atoms with Crippen molar-refractivity contribution in [1.29, 1.82) is 0 Å². The number of nitrogens with one attached hydrogen (secondary N) is 1. The molecule has 0 unspecified atom stereocenters. The first-order valence-electron chi connectivity index (χ1n) is 6.45. The van der Waals surface area contributed by atoms with E-state index >= 15 is 0 Å². The fraction of sp³-hybridized carbons (Fsp3) is 0.333. The first-order valence-corrected chi connectivity index (χ1v) is 6.45. The van der Waals surface area contributed by atoms with Gasteiger partial charge in [0, 0.05) is 24.3 Å². The predicted octanol–water partition coefficient (Wildman–Crippen LogP) is 2.68. The van der Waals surface area contributed by atoms with Crippen molar-refractivity contribution in [3.8, 4) is 0 Å². The van der Waals surface area contributed by atoms with E-state index in [1.54, 1.807) is 42.2 Å². The molecule has 0 bridgehead atoms. The summed E-state index contributed by atoms with van der Waals surface area (Å²) in [7, 11) is 0. The Morgan fingerprint density at radius 1 is 1.26 bits per heavy atom. The summed E-state index contributed by atoms with van der Waals surface area (Å²) in [5.41, 5.74) is 1.21. The van der Waals surface area contributed by atoms with Gasteiger partial charge >= 0.3 is 0 Å². The fourth-order valence-corrected chi connectivity index (χ4v) is 1.76. The lowest BCUT2D eigenvalue weighted by atomic mass is 10.1. The first kappa shape index (κ1) is 15.0. The van der Waals surface area contributed by atoms with Gasteiger partial charge in [0.25, 0.3) is 5.91 Å². The Labute approximate surface area is 114 Å². The molecule has 1 aromatic rings. The average Bonchev–Trinajstić information content (AvgIpc) is 2.40. The highest BCUT2D eigenvalue weighted by molar-refractivity contribution is 6.01. The molecule has 0 atom stereocenters. The van der Waals surface area contributed by atoms with Crippen molar-refractivity contribution in [2.45, 2.75) is 20.8 Å². The third kappa shape index (κ3) is 4.25. The molecule has 1 aromatic carbocycles. The predicted molar refractivity (Wildman–Crippen MR) is 77.1 cm³/mol. The summed E-state index contributed by atoms with van der Waals surface area (Å²) in [5, 5.41) is 2.72. The zero-order valence-electron chi connectivity index (χ0n) is 11.6. The van der Waals surface area contributed by atoms with Crippen LogP contribution in [0.5, 0.6) is 0 Å². The van der Waals surface area contributed by atoms with Crippen LogP contribution in [0, 0.1) is 0 Å². The molecule has 0 aromatic heterocycles. The monoisotopic (exact) mass is 260 g/mol. The molecule has 0 radical (unpaired) electrons. The summed E-state index contributed by atoms with van der Waals surface area (Å²) in [5.74, 6) is -0.220. The molecule has 4 heteroatoms. The maximum Gasteiger partial charge on any atom is 0.253 e. The molecule has 2 amide bonds. The number of allylic oxidation sites excluding steroid dienone is 1. The molecule has 19 heavy (non-hydrogen) atoms. The van der Waals surface area contributed by atoms with Crippen molar-refractivity contribution in [1.82, 2.24) is 4.90 Å². The second-order valence-corrected chi connectivity index (χ2v) is 4.05. The van der Waals surface area contributed by atoms with Gasteiger partial charge in [0.2, 0.25) is 5.91 Å². The summed E-state index contributed by atoms with van der Waals surface area (Å²) >= 11 is 0. The lowest BCUT2D eigenvalue weighted by Crippen LogP contribution is -2.30. The summed E-state index contributed by atoms with van der Waals surface area (Å²) in [6.07, 6.45) is 3.11. The van der Waals surface area contributed by atoms with Gasteiger partial charge in [0.1, 0.15) is 0 Å². The Bertz CT molecular complexity index is 477. The SMILES string of the molecule is CC=CC(=O)Nc1cccc(C(=O)N(CC)CC)c1. The highest BCUT2D eigenvalue weighted by Crippen LogP contribution is 2.13. The molecule has 0 saturated carbocycles. The maximum absolute atomic E-state index is 12.2. The molecule has 0 heterocycles. The standard InChI is InChI=1S/C15H20N2O2/c1-4-8-14(18)16-13-10-7-9-12(11-13)15(19)17(5-2)6-3/h4,7-11H,5-6H2,1-3H3,(H,16,18). The zero-order chi connectivity index (χ0) is 14.3. The minimum Gasteiger partial charge on any atom is -0.339 e. The van der Waals surface area contributed by atoms with Gasteiger partial charge in [0.05, 0.1) is 0 Å².